The van der Waals surface area contributed by atoms with Gasteiger partial charge in [-0.25, -0.2) is 10.9 Å². The highest BCUT2D eigenvalue weighted by molar-refractivity contribution is 6.07. The lowest BCUT2D eigenvalue weighted by Gasteiger charge is -2.20. The molecule has 0 saturated heterocycles. The van der Waals surface area contributed by atoms with E-state index in [1.165, 1.54) is 6.92 Å². The number of para-hydroxylation sites is 1. The molecule has 0 fully saturated rings. The van der Waals surface area contributed by atoms with E-state index in [0.717, 1.165) is 5.01 Å². The van der Waals surface area contributed by atoms with Gasteiger partial charge in [0.05, 0.1) is 11.4 Å². The number of nitrogens with one attached hydrogen (secondary N) is 1. The minimum Gasteiger partial charge on any atom is -0.397 e. The Balaban J connectivity index is 0.00000225. The summed E-state index contributed by atoms with van der Waals surface area (Å²) in [5.41, 5.74) is 11.8. The molecule has 0 unspecified atom stereocenters. The van der Waals surface area contributed by atoms with Gasteiger partial charge in [0.1, 0.15) is 0 Å². The monoisotopic (exact) mass is 243 g/mol. The quantitative estimate of drug-likeness (QED) is 0.150. The lowest BCUT2D eigenvalue weighted by Crippen LogP contribution is -2.43. The van der Waals surface area contributed by atoms with E-state index in [-0.39, 0.29) is 29.8 Å². The molecule has 0 atom stereocenters. The summed E-state index contributed by atoms with van der Waals surface area (Å²) < 4.78 is 0. The molecular formula is C9H14ClN5O. The van der Waals surface area contributed by atoms with Crippen molar-refractivity contribution in [1.82, 2.24) is 0 Å². The molecule has 16 heavy (non-hydrogen) atoms. The number of nitrogens with zero attached hydrogens (tertiary/aromatic N) is 1. The van der Waals surface area contributed by atoms with Crippen LogP contribution in [0.3, 0.4) is 0 Å². The second-order valence-electron chi connectivity index (χ2n) is 3.05. The predicted molar refractivity (Wildman–Crippen MR) is 66.7 cm³/mol. The van der Waals surface area contributed by atoms with E-state index in [1.807, 2.05) is 0 Å². The van der Waals surface area contributed by atoms with Gasteiger partial charge in [-0.15, -0.1) is 12.4 Å². The minimum atomic E-state index is -0.379. The van der Waals surface area contributed by atoms with Gasteiger partial charge in [-0.3, -0.25) is 10.2 Å². The van der Waals surface area contributed by atoms with Crippen LogP contribution in [0.2, 0.25) is 0 Å². The lowest BCUT2D eigenvalue weighted by atomic mass is 10.1. The summed E-state index contributed by atoms with van der Waals surface area (Å²) in [6.07, 6.45) is 0. The Hall–Kier alpha value is -1.79. The smallest absolute Gasteiger partial charge is 0.207 e. The Morgan fingerprint density at radius 1 is 1.44 bits per heavy atom. The van der Waals surface area contributed by atoms with Gasteiger partial charge in [0.25, 0.3) is 0 Å². The molecule has 1 aromatic rings. The van der Waals surface area contributed by atoms with Crippen LogP contribution < -0.4 is 22.3 Å². The number of halogens is 1. The number of carbonyl (C=O) groups excluding carboxylic acids is 1. The van der Waals surface area contributed by atoms with Crippen molar-refractivity contribution >= 4 is 35.5 Å². The Morgan fingerprint density at radius 2 is 2.00 bits per heavy atom. The van der Waals surface area contributed by atoms with Gasteiger partial charge in [0, 0.05) is 5.56 Å². The van der Waals surface area contributed by atoms with Crippen LogP contribution in [0.15, 0.2) is 18.2 Å². The average Bonchev–Trinajstić information content (AvgIpc) is 2.16. The number of Topliss-reactive ketones (excluding diaryl/α,β-unsaturated/α-hetero) is 1. The first-order chi connectivity index (χ1) is 6.95. The van der Waals surface area contributed by atoms with Gasteiger partial charge in [-0.05, 0) is 19.1 Å². The number of carbonyl (C=O) groups is 1. The van der Waals surface area contributed by atoms with Crippen molar-refractivity contribution in [1.29, 1.82) is 5.41 Å². The number of guanidine groups is 1. The van der Waals surface area contributed by atoms with E-state index in [0.29, 0.717) is 11.3 Å². The van der Waals surface area contributed by atoms with Crippen molar-refractivity contribution in [3.8, 4) is 0 Å². The highest BCUT2D eigenvalue weighted by Gasteiger charge is 2.16. The second kappa shape index (κ2) is 5.34. The highest BCUT2D eigenvalue weighted by atomic mass is 35.5. The SMILES string of the molecule is CC(=O)c1cccc(N)c1N(N)C(=N)N.Cl. The molecular weight excluding hydrogens is 230 g/mol. The van der Waals surface area contributed by atoms with Gasteiger partial charge in [0.15, 0.2) is 5.78 Å². The van der Waals surface area contributed by atoms with Gasteiger partial charge < -0.3 is 11.5 Å². The highest BCUT2D eigenvalue weighted by Crippen LogP contribution is 2.26. The number of hydrogen-bond acceptors (Lipinski definition) is 4. The molecule has 7 heteroatoms. The number of hydrazine groups is 1. The van der Waals surface area contributed by atoms with Gasteiger partial charge in [0.2, 0.25) is 5.96 Å². The Morgan fingerprint density at radius 3 is 2.44 bits per heavy atom. The number of nitrogen functional groups attached to an aromatic ring is 1. The van der Waals surface area contributed by atoms with E-state index < -0.39 is 0 Å². The van der Waals surface area contributed by atoms with Crippen LogP contribution in [-0.4, -0.2) is 11.7 Å². The summed E-state index contributed by atoms with van der Waals surface area (Å²) in [5, 5.41) is 8.06. The maximum absolute atomic E-state index is 11.3. The third kappa shape index (κ3) is 2.62. The summed E-state index contributed by atoms with van der Waals surface area (Å²) in [5.74, 6) is 4.96. The zero-order valence-electron chi connectivity index (χ0n) is 8.73. The van der Waals surface area contributed by atoms with Crippen LogP contribution in [0.1, 0.15) is 17.3 Å². The first kappa shape index (κ1) is 14.2. The van der Waals surface area contributed by atoms with Crippen LogP contribution >= 0.6 is 12.4 Å². The maximum atomic E-state index is 11.3. The fraction of sp³-hybridized carbons (Fsp3) is 0.111. The van der Waals surface area contributed by atoms with Crippen LogP contribution in [0.4, 0.5) is 11.4 Å². The van der Waals surface area contributed by atoms with E-state index >= 15 is 0 Å². The molecule has 0 aliphatic rings. The number of rotatable bonds is 2. The molecule has 0 saturated carbocycles. The number of nitrogens with two attached hydrogens (primary N) is 3. The Kier molecular flexibility index (Phi) is 4.74. The molecule has 1 rings (SSSR count). The molecule has 88 valence electrons. The summed E-state index contributed by atoms with van der Waals surface area (Å²) >= 11 is 0. The summed E-state index contributed by atoms with van der Waals surface area (Å²) in [6, 6.07) is 4.81. The standard InChI is InChI=1S/C9H13N5O.ClH/c1-5(15)6-3-2-4-7(10)8(6)14(13)9(11)12;/h2-4H,10,13H2,1H3,(H3,11,12);1H. The van der Waals surface area contributed by atoms with Crippen LogP contribution in [-0.2, 0) is 0 Å². The first-order valence-electron chi connectivity index (χ1n) is 4.23. The summed E-state index contributed by atoms with van der Waals surface area (Å²) in [4.78, 5) is 11.3. The van der Waals surface area contributed by atoms with Crippen LogP contribution in [0, 0.1) is 5.41 Å². The number of hydrogen-bond donors (Lipinski definition) is 4. The van der Waals surface area contributed by atoms with Crippen molar-refractivity contribution in [3.63, 3.8) is 0 Å². The average molecular weight is 244 g/mol. The topological polar surface area (TPSA) is 122 Å². The number of ketones is 1. The third-order valence-electron chi connectivity index (χ3n) is 1.95. The van der Waals surface area contributed by atoms with Crippen molar-refractivity contribution in [2.75, 3.05) is 10.7 Å². The third-order valence-corrected chi connectivity index (χ3v) is 1.95. The van der Waals surface area contributed by atoms with Gasteiger partial charge in [-0.1, -0.05) is 6.07 Å². The Bertz CT molecular complexity index is 420. The Labute approximate surface area is 99.3 Å². The molecule has 0 radical (unpaired) electrons. The second-order valence-corrected chi connectivity index (χ2v) is 3.05. The van der Waals surface area contributed by atoms with Gasteiger partial charge >= 0.3 is 0 Å². The fourth-order valence-corrected chi connectivity index (χ4v) is 1.23. The van der Waals surface area contributed by atoms with Crippen LogP contribution in [0.25, 0.3) is 0 Å². The van der Waals surface area contributed by atoms with E-state index in [1.54, 1.807) is 18.2 Å². The normalized spacial score (nSPS) is 9.12. The molecule has 6 nitrogen and oxygen atoms in total. The molecule has 0 aromatic heterocycles. The number of benzene rings is 1. The minimum absolute atomic E-state index is 0. The predicted octanol–water partition coefficient (Wildman–Crippen LogP) is 0.467. The van der Waals surface area contributed by atoms with Crippen molar-refractivity contribution in [2.24, 2.45) is 11.6 Å². The largest absolute Gasteiger partial charge is 0.397 e. The van der Waals surface area contributed by atoms with E-state index in [2.05, 4.69) is 0 Å². The van der Waals surface area contributed by atoms with Crippen LogP contribution in [0.5, 0.6) is 0 Å². The molecule has 7 N–H and O–H groups in total. The molecule has 0 spiro atoms. The molecule has 0 aliphatic carbocycles. The number of anilines is 2. The van der Waals surface area contributed by atoms with E-state index in [9.17, 15) is 4.79 Å². The maximum Gasteiger partial charge on any atom is 0.207 e. The lowest BCUT2D eigenvalue weighted by molar-refractivity contribution is 0.101. The summed E-state index contributed by atoms with van der Waals surface area (Å²) in [6.45, 7) is 1.40. The molecule has 1 aromatic carbocycles. The molecule has 0 aliphatic heterocycles. The first-order valence-corrected chi connectivity index (χ1v) is 4.23. The fourth-order valence-electron chi connectivity index (χ4n) is 1.23. The summed E-state index contributed by atoms with van der Waals surface area (Å²) in [7, 11) is 0. The van der Waals surface area contributed by atoms with E-state index in [4.69, 9.17) is 22.7 Å². The van der Waals surface area contributed by atoms with Crippen molar-refractivity contribution in [3.05, 3.63) is 23.8 Å². The van der Waals surface area contributed by atoms with Crippen molar-refractivity contribution in [2.45, 2.75) is 6.92 Å². The zero-order valence-corrected chi connectivity index (χ0v) is 9.54. The molecule has 0 heterocycles. The molecule has 0 bridgehead atoms. The van der Waals surface area contributed by atoms with Crippen molar-refractivity contribution < 1.29 is 4.79 Å². The van der Waals surface area contributed by atoms with Gasteiger partial charge in [-0.2, -0.15) is 0 Å². The zero-order chi connectivity index (χ0) is 11.6. The molecule has 0 amide bonds.